The smallest absolute Gasteiger partial charge is 0.257 e. The summed E-state index contributed by atoms with van der Waals surface area (Å²) in [5.74, 6) is -0.178. The van der Waals surface area contributed by atoms with E-state index in [0.29, 0.717) is 11.3 Å². The topological polar surface area (TPSA) is 55.1 Å². The van der Waals surface area contributed by atoms with Crippen molar-refractivity contribution in [3.05, 3.63) is 57.6 Å². The standard InChI is InChI=1S/C16H17BrN2O/c1-3-11-9-12(17)7-8-14(11)19-16(20)13-6-4-5-10(2)15(13)18/h4-9H,3,18H2,1-2H3,(H,19,20). The summed E-state index contributed by atoms with van der Waals surface area (Å²) in [6.45, 7) is 3.95. The first-order valence-electron chi connectivity index (χ1n) is 6.47. The Morgan fingerprint density at radius 3 is 2.75 bits per heavy atom. The fourth-order valence-electron chi connectivity index (χ4n) is 2.05. The van der Waals surface area contributed by atoms with E-state index in [1.165, 1.54) is 0 Å². The molecule has 0 unspecified atom stereocenters. The number of halogens is 1. The van der Waals surface area contributed by atoms with E-state index >= 15 is 0 Å². The zero-order valence-electron chi connectivity index (χ0n) is 11.5. The van der Waals surface area contributed by atoms with Crippen LogP contribution >= 0.6 is 15.9 Å². The third-order valence-electron chi connectivity index (χ3n) is 3.27. The number of benzene rings is 2. The average molecular weight is 333 g/mol. The third kappa shape index (κ3) is 3.02. The van der Waals surface area contributed by atoms with Crippen molar-refractivity contribution in [1.82, 2.24) is 0 Å². The molecule has 0 aliphatic rings. The molecule has 1 amide bonds. The summed E-state index contributed by atoms with van der Waals surface area (Å²) in [5.41, 5.74) is 9.81. The van der Waals surface area contributed by atoms with Crippen LogP contribution in [0.4, 0.5) is 11.4 Å². The molecule has 20 heavy (non-hydrogen) atoms. The normalized spacial score (nSPS) is 10.3. The van der Waals surface area contributed by atoms with Gasteiger partial charge in [0.15, 0.2) is 0 Å². The van der Waals surface area contributed by atoms with Gasteiger partial charge in [-0.25, -0.2) is 0 Å². The summed E-state index contributed by atoms with van der Waals surface area (Å²) in [4.78, 5) is 12.3. The van der Waals surface area contributed by atoms with Crippen LogP contribution in [0.1, 0.15) is 28.4 Å². The van der Waals surface area contributed by atoms with Gasteiger partial charge in [0, 0.05) is 15.8 Å². The van der Waals surface area contributed by atoms with Crippen molar-refractivity contribution >= 4 is 33.2 Å². The number of nitrogen functional groups attached to an aromatic ring is 1. The van der Waals surface area contributed by atoms with Crippen molar-refractivity contribution < 1.29 is 4.79 Å². The molecule has 0 atom stereocenters. The maximum absolute atomic E-state index is 12.3. The maximum atomic E-state index is 12.3. The van der Waals surface area contributed by atoms with E-state index in [9.17, 15) is 4.79 Å². The second kappa shape index (κ2) is 6.09. The van der Waals surface area contributed by atoms with E-state index in [-0.39, 0.29) is 5.91 Å². The largest absolute Gasteiger partial charge is 0.398 e. The monoisotopic (exact) mass is 332 g/mol. The van der Waals surface area contributed by atoms with Gasteiger partial charge in [-0.1, -0.05) is 35.0 Å². The summed E-state index contributed by atoms with van der Waals surface area (Å²) in [5, 5.41) is 2.93. The van der Waals surface area contributed by atoms with Crippen LogP contribution < -0.4 is 11.1 Å². The van der Waals surface area contributed by atoms with E-state index in [1.54, 1.807) is 6.07 Å². The third-order valence-corrected chi connectivity index (χ3v) is 3.76. The summed E-state index contributed by atoms with van der Waals surface area (Å²) in [6.07, 6.45) is 0.846. The lowest BCUT2D eigenvalue weighted by Crippen LogP contribution is -2.15. The second-order valence-corrected chi connectivity index (χ2v) is 5.56. The fraction of sp³-hybridized carbons (Fsp3) is 0.188. The van der Waals surface area contributed by atoms with Crippen LogP contribution in [0, 0.1) is 6.92 Å². The number of hydrogen-bond acceptors (Lipinski definition) is 2. The predicted molar refractivity (Wildman–Crippen MR) is 87.1 cm³/mol. The lowest BCUT2D eigenvalue weighted by molar-refractivity contribution is 0.102. The first-order valence-corrected chi connectivity index (χ1v) is 7.27. The molecule has 2 aromatic carbocycles. The number of nitrogens with one attached hydrogen (secondary N) is 1. The van der Waals surface area contributed by atoms with Crippen LogP contribution in [0.2, 0.25) is 0 Å². The van der Waals surface area contributed by atoms with Crippen LogP contribution in [0.3, 0.4) is 0 Å². The van der Waals surface area contributed by atoms with Gasteiger partial charge in [-0.05, 0) is 48.7 Å². The number of aryl methyl sites for hydroxylation is 2. The van der Waals surface area contributed by atoms with Crippen molar-refractivity contribution in [1.29, 1.82) is 0 Å². The Balaban J connectivity index is 2.30. The van der Waals surface area contributed by atoms with E-state index in [0.717, 1.165) is 27.7 Å². The number of hydrogen-bond donors (Lipinski definition) is 2. The molecule has 2 rings (SSSR count). The zero-order valence-corrected chi connectivity index (χ0v) is 13.1. The molecule has 0 saturated heterocycles. The van der Waals surface area contributed by atoms with Gasteiger partial charge in [0.05, 0.1) is 5.56 Å². The summed E-state index contributed by atoms with van der Waals surface area (Å²) >= 11 is 3.44. The van der Waals surface area contributed by atoms with Gasteiger partial charge in [0.2, 0.25) is 0 Å². The number of nitrogens with two attached hydrogens (primary N) is 1. The minimum absolute atomic E-state index is 0.178. The lowest BCUT2D eigenvalue weighted by Gasteiger charge is -2.12. The molecule has 0 heterocycles. The van der Waals surface area contributed by atoms with Gasteiger partial charge in [0.1, 0.15) is 0 Å². The Hall–Kier alpha value is -1.81. The molecule has 0 saturated carbocycles. The van der Waals surface area contributed by atoms with Gasteiger partial charge < -0.3 is 11.1 Å². The first kappa shape index (κ1) is 14.6. The molecule has 4 heteroatoms. The van der Waals surface area contributed by atoms with Crippen molar-refractivity contribution in [2.24, 2.45) is 0 Å². The van der Waals surface area contributed by atoms with E-state index in [1.807, 2.05) is 37.3 Å². The Morgan fingerprint density at radius 2 is 2.05 bits per heavy atom. The highest BCUT2D eigenvalue weighted by atomic mass is 79.9. The SMILES string of the molecule is CCc1cc(Br)ccc1NC(=O)c1cccc(C)c1N. The molecule has 0 aliphatic heterocycles. The Bertz CT molecular complexity index is 653. The highest BCUT2D eigenvalue weighted by Crippen LogP contribution is 2.23. The number of anilines is 2. The highest BCUT2D eigenvalue weighted by Gasteiger charge is 2.12. The van der Waals surface area contributed by atoms with Gasteiger partial charge in [-0.3, -0.25) is 4.79 Å². The number of amides is 1. The molecule has 3 N–H and O–H groups in total. The number of carbonyl (C=O) groups is 1. The Morgan fingerprint density at radius 1 is 1.30 bits per heavy atom. The van der Waals surface area contributed by atoms with Crippen molar-refractivity contribution in [3.63, 3.8) is 0 Å². The van der Waals surface area contributed by atoms with Crippen LogP contribution in [0.5, 0.6) is 0 Å². The molecular weight excluding hydrogens is 316 g/mol. The van der Waals surface area contributed by atoms with Gasteiger partial charge in [0.25, 0.3) is 5.91 Å². The fourth-order valence-corrected chi connectivity index (χ4v) is 2.45. The molecule has 3 nitrogen and oxygen atoms in total. The zero-order chi connectivity index (χ0) is 14.7. The first-order chi connectivity index (χ1) is 9.52. The molecule has 0 aliphatic carbocycles. The molecular formula is C16H17BrN2O. The van der Waals surface area contributed by atoms with Gasteiger partial charge in [-0.2, -0.15) is 0 Å². The van der Waals surface area contributed by atoms with E-state index in [2.05, 4.69) is 28.2 Å². The lowest BCUT2D eigenvalue weighted by atomic mass is 10.1. The van der Waals surface area contributed by atoms with Crippen molar-refractivity contribution in [2.45, 2.75) is 20.3 Å². The molecule has 0 spiro atoms. The number of rotatable bonds is 3. The van der Waals surface area contributed by atoms with Crippen LogP contribution in [-0.2, 0) is 6.42 Å². The molecule has 0 bridgehead atoms. The molecule has 0 fully saturated rings. The molecule has 0 aromatic heterocycles. The number of para-hydroxylation sites is 1. The quantitative estimate of drug-likeness (QED) is 0.829. The van der Waals surface area contributed by atoms with E-state index in [4.69, 9.17) is 5.73 Å². The van der Waals surface area contributed by atoms with Crippen LogP contribution in [0.25, 0.3) is 0 Å². The van der Waals surface area contributed by atoms with Crippen molar-refractivity contribution in [2.75, 3.05) is 11.1 Å². The van der Waals surface area contributed by atoms with Gasteiger partial charge in [-0.15, -0.1) is 0 Å². The summed E-state index contributed by atoms with van der Waals surface area (Å²) in [6, 6.07) is 11.3. The highest BCUT2D eigenvalue weighted by molar-refractivity contribution is 9.10. The van der Waals surface area contributed by atoms with Crippen LogP contribution in [-0.4, -0.2) is 5.91 Å². The minimum atomic E-state index is -0.178. The molecule has 104 valence electrons. The second-order valence-electron chi connectivity index (χ2n) is 4.65. The summed E-state index contributed by atoms with van der Waals surface area (Å²) < 4.78 is 1.00. The van der Waals surface area contributed by atoms with E-state index < -0.39 is 0 Å². The predicted octanol–water partition coefficient (Wildman–Crippen LogP) is 4.15. The Kier molecular flexibility index (Phi) is 4.45. The maximum Gasteiger partial charge on any atom is 0.257 e. The molecule has 2 aromatic rings. The number of carbonyl (C=O) groups excluding carboxylic acids is 1. The van der Waals surface area contributed by atoms with Gasteiger partial charge >= 0.3 is 0 Å². The minimum Gasteiger partial charge on any atom is -0.398 e. The average Bonchev–Trinajstić information content (AvgIpc) is 2.43. The summed E-state index contributed by atoms with van der Waals surface area (Å²) in [7, 11) is 0. The van der Waals surface area contributed by atoms with Crippen molar-refractivity contribution in [3.8, 4) is 0 Å². The molecule has 0 radical (unpaired) electrons. The Labute approximate surface area is 127 Å². The van der Waals surface area contributed by atoms with Crippen LogP contribution in [0.15, 0.2) is 40.9 Å².